The van der Waals surface area contributed by atoms with Crippen molar-refractivity contribution in [3.63, 3.8) is 0 Å². The van der Waals surface area contributed by atoms with Crippen LogP contribution in [0.4, 0.5) is 0 Å². The molecule has 1 atom stereocenters. The quantitative estimate of drug-likeness (QED) is 0.140. The third kappa shape index (κ3) is 9.50. The van der Waals surface area contributed by atoms with Crippen LogP contribution in [0.3, 0.4) is 0 Å². The fourth-order valence-electron chi connectivity index (χ4n) is 3.98. The molecule has 0 bridgehead atoms. The van der Waals surface area contributed by atoms with E-state index >= 15 is 0 Å². The van der Waals surface area contributed by atoms with Crippen molar-refractivity contribution < 1.29 is 41.1 Å². The smallest absolute Gasteiger partial charge is 0.460 e. The molecule has 0 saturated carbocycles. The van der Waals surface area contributed by atoms with E-state index in [1.54, 1.807) is 28.4 Å². The van der Waals surface area contributed by atoms with Crippen LogP contribution >= 0.6 is 0 Å². The van der Waals surface area contributed by atoms with Gasteiger partial charge in [0, 0.05) is 66.8 Å². The van der Waals surface area contributed by atoms with Gasteiger partial charge in [0.2, 0.25) is 5.41 Å². The average Bonchev–Trinajstić information content (AvgIpc) is 2.83. The number of esters is 1. The van der Waals surface area contributed by atoms with E-state index in [-0.39, 0.29) is 6.10 Å². The molecule has 0 spiro atoms. The van der Waals surface area contributed by atoms with Crippen LogP contribution in [-0.2, 0) is 41.1 Å². The topological polar surface area (TPSA) is 90.9 Å². The standard InChI is InChI=1S/C13H26O5Si.C9H20O4Si/c1-6-13(14)18-12(5)10-11-19(15-7-2,16-8-3)17-9-4;1-10-9(11-2)7-5-6-8-14(9,12-3)13-4/h6,12H,1,7-11H2,2-5H3;5-8H2,1-4H3. The van der Waals surface area contributed by atoms with Gasteiger partial charge in [-0.2, -0.15) is 0 Å². The van der Waals surface area contributed by atoms with Gasteiger partial charge >= 0.3 is 23.3 Å². The van der Waals surface area contributed by atoms with E-state index in [0.717, 1.165) is 31.4 Å². The Morgan fingerprint density at radius 3 is 1.88 bits per heavy atom. The normalized spacial score (nSPS) is 18.1. The molecule has 0 aromatic heterocycles. The van der Waals surface area contributed by atoms with Crippen LogP contribution < -0.4 is 0 Å². The van der Waals surface area contributed by atoms with Crippen LogP contribution in [0.15, 0.2) is 12.7 Å². The lowest BCUT2D eigenvalue weighted by molar-refractivity contribution is -0.183. The van der Waals surface area contributed by atoms with Crippen molar-refractivity contribution in [2.75, 3.05) is 48.3 Å². The van der Waals surface area contributed by atoms with Gasteiger partial charge < -0.3 is 36.3 Å². The van der Waals surface area contributed by atoms with E-state index < -0.39 is 28.7 Å². The van der Waals surface area contributed by atoms with Crippen molar-refractivity contribution in [1.82, 2.24) is 0 Å². The molecule has 11 heteroatoms. The first-order chi connectivity index (χ1) is 15.7. The van der Waals surface area contributed by atoms with Crippen LogP contribution in [0.5, 0.6) is 0 Å². The Morgan fingerprint density at radius 1 is 1.00 bits per heavy atom. The molecule has 1 rings (SSSR count). The summed E-state index contributed by atoms with van der Waals surface area (Å²) in [6, 6.07) is 1.57. The number of rotatable bonds is 15. The number of carbonyl (C=O) groups excluding carboxylic acids is 1. The van der Waals surface area contributed by atoms with Gasteiger partial charge in [-0.05, 0) is 46.6 Å². The summed E-state index contributed by atoms with van der Waals surface area (Å²) in [7, 11) is 1.71. The Bertz CT molecular complexity index is 503. The maximum absolute atomic E-state index is 11.1. The molecular formula is C22H46O9Si2. The van der Waals surface area contributed by atoms with E-state index in [9.17, 15) is 4.79 Å². The minimum absolute atomic E-state index is 0.209. The van der Waals surface area contributed by atoms with Gasteiger partial charge in [0.25, 0.3) is 0 Å². The lowest BCUT2D eigenvalue weighted by Crippen LogP contribution is -2.65. The van der Waals surface area contributed by atoms with Crippen LogP contribution in [0.1, 0.15) is 53.4 Å². The van der Waals surface area contributed by atoms with Gasteiger partial charge in [0.05, 0.1) is 6.10 Å². The Balaban J connectivity index is 0.000000647. The first-order valence-electron chi connectivity index (χ1n) is 11.7. The maximum Gasteiger partial charge on any atom is 0.501 e. The molecule has 33 heavy (non-hydrogen) atoms. The highest BCUT2D eigenvalue weighted by molar-refractivity contribution is 6.70. The van der Waals surface area contributed by atoms with E-state index in [1.807, 2.05) is 27.7 Å². The molecular weight excluding hydrogens is 464 g/mol. The van der Waals surface area contributed by atoms with Crippen molar-refractivity contribution in [3.8, 4) is 0 Å². The number of hydrogen-bond acceptors (Lipinski definition) is 9. The molecule has 0 amide bonds. The second-order valence-electron chi connectivity index (χ2n) is 7.50. The molecule has 0 N–H and O–H groups in total. The SMILES string of the molecule is C=CC(=O)OC(C)CC[Si](OCC)(OCC)OCC.COC1(OC)CCCC[Si]1(OC)OC. The predicted molar refractivity (Wildman–Crippen MR) is 131 cm³/mol. The van der Waals surface area contributed by atoms with Crippen LogP contribution in [-0.4, -0.2) is 83.1 Å². The van der Waals surface area contributed by atoms with Crippen LogP contribution in [0, 0.1) is 0 Å². The van der Waals surface area contributed by atoms with E-state index in [1.165, 1.54) is 0 Å². The summed E-state index contributed by atoms with van der Waals surface area (Å²) < 4.78 is 44.5. The zero-order valence-electron chi connectivity index (χ0n) is 21.9. The lowest BCUT2D eigenvalue weighted by Gasteiger charge is -2.46. The molecule has 1 unspecified atom stereocenters. The number of carbonyl (C=O) groups is 1. The zero-order valence-corrected chi connectivity index (χ0v) is 23.9. The van der Waals surface area contributed by atoms with Crippen molar-refractivity contribution in [1.29, 1.82) is 0 Å². The number of methoxy groups -OCH3 is 2. The zero-order chi connectivity index (χ0) is 25.4. The first kappa shape index (κ1) is 32.4. The summed E-state index contributed by atoms with van der Waals surface area (Å²) in [5, 5.41) is 0. The Hall–Kier alpha value is -0.636. The van der Waals surface area contributed by atoms with Crippen LogP contribution in [0.2, 0.25) is 12.1 Å². The Morgan fingerprint density at radius 2 is 1.52 bits per heavy atom. The van der Waals surface area contributed by atoms with Gasteiger partial charge in [0.15, 0.2) is 0 Å². The molecule has 196 valence electrons. The summed E-state index contributed by atoms with van der Waals surface area (Å²) in [5.74, 6) is -0.413. The van der Waals surface area contributed by atoms with E-state index in [2.05, 4.69) is 6.58 Å². The molecule has 1 heterocycles. The highest BCUT2D eigenvalue weighted by atomic mass is 28.4. The van der Waals surface area contributed by atoms with Gasteiger partial charge in [0.1, 0.15) is 0 Å². The summed E-state index contributed by atoms with van der Waals surface area (Å²) in [6.07, 6.45) is 4.68. The van der Waals surface area contributed by atoms with Gasteiger partial charge in [-0.25, -0.2) is 4.79 Å². The number of ether oxygens (including phenoxy) is 3. The molecule has 1 fully saturated rings. The van der Waals surface area contributed by atoms with E-state index in [0.29, 0.717) is 32.3 Å². The minimum Gasteiger partial charge on any atom is -0.460 e. The lowest BCUT2D eigenvalue weighted by atomic mass is 10.2. The van der Waals surface area contributed by atoms with Gasteiger partial charge in [-0.1, -0.05) is 13.0 Å². The minimum atomic E-state index is -2.64. The third-order valence-electron chi connectivity index (χ3n) is 5.59. The second-order valence-corrected chi connectivity index (χ2v) is 13.8. The summed E-state index contributed by atoms with van der Waals surface area (Å²) in [4.78, 5) is 11.1. The highest BCUT2D eigenvalue weighted by Gasteiger charge is 2.60. The molecule has 0 radical (unpaired) electrons. The fourth-order valence-corrected chi connectivity index (χ4v) is 10.2. The molecule has 0 aliphatic carbocycles. The summed E-state index contributed by atoms with van der Waals surface area (Å²) in [5.41, 5.74) is -0.630. The third-order valence-corrected chi connectivity index (χ3v) is 12.8. The Kier molecular flexibility index (Phi) is 16.6. The monoisotopic (exact) mass is 510 g/mol. The maximum atomic E-state index is 11.1. The molecule has 0 aromatic carbocycles. The molecule has 1 saturated heterocycles. The molecule has 1 aliphatic rings. The first-order valence-corrected chi connectivity index (χ1v) is 15.6. The molecule has 0 aromatic rings. The van der Waals surface area contributed by atoms with Crippen molar-refractivity contribution in [2.45, 2.75) is 77.0 Å². The van der Waals surface area contributed by atoms with Crippen molar-refractivity contribution in [3.05, 3.63) is 12.7 Å². The van der Waals surface area contributed by atoms with Gasteiger partial charge in [-0.15, -0.1) is 0 Å². The number of hydrogen-bond donors (Lipinski definition) is 0. The largest absolute Gasteiger partial charge is 0.501 e. The molecule has 9 nitrogen and oxygen atoms in total. The molecule has 1 aliphatic heterocycles. The van der Waals surface area contributed by atoms with E-state index in [4.69, 9.17) is 36.3 Å². The Labute approximate surface area is 202 Å². The summed E-state index contributed by atoms with van der Waals surface area (Å²) in [6.45, 7) is 12.6. The van der Waals surface area contributed by atoms with Crippen molar-refractivity contribution >= 4 is 23.3 Å². The van der Waals surface area contributed by atoms with Crippen molar-refractivity contribution in [2.24, 2.45) is 0 Å². The van der Waals surface area contributed by atoms with Gasteiger partial charge in [-0.3, -0.25) is 0 Å². The summed E-state index contributed by atoms with van der Waals surface area (Å²) >= 11 is 0. The fraction of sp³-hybridized carbons (Fsp3) is 0.864. The van der Waals surface area contributed by atoms with Crippen LogP contribution in [0.25, 0.3) is 0 Å². The average molecular weight is 511 g/mol. The predicted octanol–water partition coefficient (Wildman–Crippen LogP) is 3.98. The second kappa shape index (κ2) is 16.9. The highest BCUT2D eigenvalue weighted by Crippen LogP contribution is 2.40.